The number of rotatable bonds is 5. The standard InChI is InChI=1S/C22H20N2O2S2/c1-2-15-5-11-18(12-6-15)24-20(25)14-28-22(24)16-7-9-17(10-8-16)23-21(26)19-4-3-13-27-19/h3-13,22H,2,14H2,1H3,(H,23,26)/t22-/m0/s1. The van der Waals surface area contributed by atoms with E-state index in [1.165, 1.54) is 16.9 Å². The number of benzene rings is 2. The highest BCUT2D eigenvalue weighted by Crippen LogP contribution is 2.42. The van der Waals surface area contributed by atoms with E-state index in [-0.39, 0.29) is 17.2 Å². The van der Waals surface area contributed by atoms with Crippen molar-refractivity contribution in [1.82, 2.24) is 0 Å². The van der Waals surface area contributed by atoms with Gasteiger partial charge in [-0.05, 0) is 53.3 Å². The molecule has 2 amide bonds. The van der Waals surface area contributed by atoms with Gasteiger partial charge in [-0.3, -0.25) is 14.5 Å². The number of nitrogens with zero attached hydrogens (tertiary/aromatic N) is 1. The van der Waals surface area contributed by atoms with Gasteiger partial charge in [-0.1, -0.05) is 37.3 Å². The normalized spacial score (nSPS) is 16.4. The summed E-state index contributed by atoms with van der Waals surface area (Å²) >= 11 is 3.04. The molecular formula is C22H20N2O2S2. The van der Waals surface area contributed by atoms with Crippen molar-refractivity contribution >= 4 is 46.3 Å². The lowest BCUT2D eigenvalue weighted by Gasteiger charge is -2.24. The second-order valence-electron chi connectivity index (χ2n) is 6.50. The Balaban J connectivity index is 1.52. The van der Waals surface area contributed by atoms with Crippen LogP contribution in [0.5, 0.6) is 0 Å². The Bertz CT molecular complexity index is 967. The fourth-order valence-electron chi connectivity index (χ4n) is 3.17. The number of thiophene rings is 1. The van der Waals surface area contributed by atoms with Crippen molar-refractivity contribution in [3.8, 4) is 0 Å². The Labute approximate surface area is 172 Å². The van der Waals surface area contributed by atoms with Crippen molar-refractivity contribution in [1.29, 1.82) is 0 Å². The van der Waals surface area contributed by atoms with Gasteiger partial charge in [0, 0.05) is 11.4 Å². The average Bonchev–Trinajstić information content (AvgIpc) is 3.39. The van der Waals surface area contributed by atoms with Crippen LogP contribution in [0.25, 0.3) is 0 Å². The van der Waals surface area contributed by atoms with Crippen LogP contribution in [0.2, 0.25) is 0 Å². The van der Waals surface area contributed by atoms with E-state index in [2.05, 4.69) is 24.4 Å². The summed E-state index contributed by atoms with van der Waals surface area (Å²) in [4.78, 5) is 27.2. The van der Waals surface area contributed by atoms with E-state index in [4.69, 9.17) is 0 Å². The van der Waals surface area contributed by atoms with Gasteiger partial charge >= 0.3 is 0 Å². The zero-order chi connectivity index (χ0) is 19.5. The van der Waals surface area contributed by atoms with Crippen molar-refractivity contribution < 1.29 is 9.59 Å². The van der Waals surface area contributed by atoms with Gasteiger partial charge in [0.1, 0.15) is 5.37 Å². The minimum Gasteiger partial charge on any atom is -0.321 e. The third kappa shape index (κ3) is 3.84. The highest BCUT2D eigenvalue weighted by atomic mass is 32.2. The maximum atomic E-state index is 12.5. The quantitative estimate of drug-likeness (QED) is 0.620. The highest BCUT2D eigenvalue weighted by molar-refractivity contribution is 8.00. The van der Waals surface area contributed by atoms with Crippen molar-refractivity contribution in [2.45, 2.75) is 18.7 Å². The van der Waals surface area contributed by atoms with E-state index >= 15 is 0 Å². The molecule has 2 heterocycles. The predicted octanol–water partition coefficient (Wildman–Crippen LogP) is 5.34. The molecule has 1 N–H and O–H groups in total. The number of hydrogen-bond donors (Lipinski definition) is 1. The van der Waals surface area contributed by atoms with Gasteiger partial charge in [-0.25, -0.2) is 0 Å². The van der Waals surface area contributed by atoms with Crippen LogP contribution in [0.15, 0.2) is 66.0 Å². The fourth-order valence-corrected chi connectivity index (χ4v) is 4.97. The second kappa shape index (κ2) is 8.20. The van der Waals surface area contributed by atoms with Crippen LogP contribution in [0.1, 0.15) is 33.1 Å². The second-order valence-corrected chi connectivity index (χ2v) is 8.52. The van der Waals surface area contributed by atoms with Crippen LogP contribution >= 0.6 is 23.1 Å². The van der Waals surface area contributed by atoms with E-state index in [0.29, 0.717) is 10.6 Å². The van der Waals surface area contributed by atoms with E-state index in [1.807, 2.05) is 52.7 Å². The van der Waals surface area contributed by atoms with Gasteiger partial charge in [0.25, 0.3) is 5.91 Å². The van der Waals surface area contributed by atoms with E-state index in [0.717, 1.165) is 23.4 Å². The van der Waals surface area contributed by atoms with Crippen LogP contribution in [0.4, 0.5) is 11.4 Å². The minimum absolute atomic E-state index is 0.0537. The lowest BCUT2D eigenvalue weighted by molar-refractivity contribution is -0.115. The molecule has 4 rings (SSSR count). The van der Waals surface area contributed by atoms with E-state index in [1.54, 1.807) is 17.8 Å². The highest BCUT2D eigenvalue weighted by Gasteiger charge is 2.33. The topological polar surface area (TPSA) is 49.4 Å². The molecule has 0 radical (unpaired) electrons. The molecule has 1 atom stereocenters. The molecule has 142 valence electrons. The first-order valence-electron chi connectivity index (χ1n) is 9.13. The molecule has 3 aromatic rings. The summed E-state index contributed by atoms with van der Waals surface area (Å²) in [5.74, 6) is 0.483. The molecule has 1 saturated heterocycles. The molecule has 1 aliphatic heterocycles. The van der Waals surface area contributed by atoms with Gasteiger partial charge in [-0.15, -0.1) is 23.1 Å². The Morgan fingerprint density at radius 1 is 1.11 bits per heavy atom. The van der Waals surface area contributed by atoms with Crippen molar-refractivity contribution in [3.63, 3.8) is 0 Å². The third-order valence-electron chi connectivity index (χ3n) is 4.69. The lowest BCUT2D eigenvalue weighted by Crippen LogP contribution is -2.27. The summed E-state index contributed by atoms with van der Waals surface area (Å²) in [6, 6.07) is 19.6. The molecule has 28 heavy (non-hydrogen) atoms. The largest absolute Gasteiger partial charge is 0.321 e. The molecule has 6 heteroatoms. The van der Waals surface area contributed by atoms with Gasteiger partial charge in [0.2, 0.25) is 5.91 Å². The Morgan fingerprint density at radius 3 is 2.50 bits per heavy atom. The summed E-state index contributed by atoms with van der Waals surface area (Å²) in [7, 11) is 0. The number of carbonyl (C=O) groups is 2. The van der Waals surface area contributed by atoms with Crippen LogP contribution in [-0.2, 0) is 11.2 Å². The van der Waals surface area contributed by atoms with Crippen LogP contribution in [0, 0.1) is 0 Å². The molecule has 0 unspecified atom stereocenters. The minimum atomic E-state index is -0.106. The first kappa shape index (κ1) is 18.8. The number of thioether (sulfide) groups is 1. The molecule has 2 aromatic carbocycles. The monoisotopic (exact) mass is 408 g/mol. The number of anilines is 2. The molecule has 0 bridgehead atoms. The Kier molecular flexibility index (Phi) is 5.50. The molecule has 1 fully saturated rings. The maximum Gasteiger partial charge on any atom is 0.265 e. The number of hydrogen-bond acceptors (Lipinski definition) is 4. The molecule has 0 spiro atoms. The lowest BCUT2D eigenvalue weighted by atomic mass is 10.1. The third-order valence-corrected chi connectivity index (χ3v) is 6.77. The summed E-state index contributed by atoms with van der Waals surface area (Å²) in [5, 5.41) is 4.74. The van der Waals surface area contributed by atoms with Crippen molar-refractivity contribution in [3.05, 3.63) is 82.0 Å². The van der Waals surface area contributed by atoms with E-state index in [9.17, 15) is 9.59 Å². The van der Waals surface area contributed by atoms with Gasteiger partial charge in [0.15, 0.2) is 0 Å². The number of nitrogens with one attached hydrogen (secondary N) is 1. The summed E-state index contributed by atoms with van der Waals surface area (Å²) in [6.45, 7) is 2.12. The fraction of sp³-hybridized carbons (Fsp3) is 0.182. The SMILES string of the molecule is CCc1ccc(N2C(=O)CS[C@H]2c2ccc(NC(=O)c3cccs3)cc2)cc1. The average molecular weight is 409 g/mol. The smallest absolute Gasteiger partial charge is 0.265 e. The van der Waals surface area contributed by atoms with Gasteiger partial charge < -0.3 is 5.32 Å². The summed E-state index contributed by atoms with van der Waals surface area (Å²) < 4.78 is 0. The summed E-state index contributed by atoms with van der Waals surface area (Å²) in [6.07, 6.45) is 0.977. The molecule has 0 saturated carbocycles. The zero-order valence-electron chi connectivity index (χ0n) is 15.4. The van der Waals surface area contributed by atoms with E-state index < -0.39 is 0 Å². The predicted molar refractivity (Wildman–Crippen MR) is 117 cm³/mol. The van der Waals surface area contributed by atoms with Gasteiger partial charge in [0.05, 0.1) is 10.6 Å². The zero-order valence-corrected chi connectivity index (χ0v) is 17.1. The van der Waals surface area contributed by atoms with Crippen LogP contribution in [-0.4, -0.2) is 17.6 Å². The molecule has 4 nitrogen and oxygen atoms in total. The number of aryl methyl sites for hydroxylation is 1. The van der Waals surface area contributed by atoms with Gasteiger partial charge in [-0.2, -0.15) is 0 Å². The Morgan fingerprint density at radius 2 is 1.86 bits per heavy atom. The first-order valence-corrected chi connectivity index (χ1v) is 11.1. The van der Waals surface area contributed by atoms with Crippen LogP contribution < -0.4 is 10.2 Å². The first-order chi connectivity index (χ1) is 13.7. The molecular weight excluding hydrogens is 388 g/mol. The Hall–Kier alpha value is -2.57. The number of amides is 2. The molecule has 1 aliphatic rings. The maximum absolute atomic E-state index is 12.5. The summed E-state index contributed by atoms with van der Waals surface area (Å²) in [5.41, 5.74) is 3.97. The van der Waals surface area contributed by atoms with Crippen molar-refractivity contribution in [2.75, 3.05) is 16.0 Å². The molecule has 0 aliphatic carbocycles. The number of carbonyl (C=O) groups excluding carboxylic acids is 2. The molecule has 1 aromatic heterocycles. The van der Waals surface area contributed by atoms with Crippen molar-refractivity contribution in [2.24, 2.45) is 0 Å². The van der Waals surface area contributed by atoms with Crippen LogP contribution in [0.3, 0.4) is 0 Å².